The second-order valence-electron chi connectivity index (χ2n) is 6.29. The number of anilines is 3. The lowest BCUT2D eigenvalue weighted by Gasteiger charge is -2.09. The maximum atomic E-state index is 12.6. The van der Waals surface area contributed by atoms with E-state index >= 15 is 0 Å². The van der Waals surface area contributed by atoms with Crippen molar-refractivity contribution in [2.24, 2.45) is 0 Å². The molecular weight excluding hydrogens is 370 g/mol. The third kappa shape index (κ3) is 3.39. The van der Waals surface area contributed by atoms with Crippen molar-refractivity contribution in [2.75, 3.05) is 17.4 Å². The highest BCUT2D eigenvalue weighted by molar-refractivity contribution is 6.03. The average Bonchev–Trinajstić information content (AvgIpc) is 3.22. The number of benzene rings is 2. The van der Waals surface area contributed by atoms with Gasteiger partial charge in [-0.05, 0) is 30.3 Å². The van der Waals surface area contributed by atoms with E-state index in [0.717, 1.165) is 16.6 Å². The molecule has 0 saturated carbocycles. The number of nitrogens with zero attached hydrogens (tertiary/aromatic N) is 3. The lowest BCUT2D eigenvalue weighted by Crippen LogP contribution is -2.14. The third-order valence-electron chi connectivity index (χ3n) is 4.40. The Balaban J connectivity index is 1.37. The summed E-state index contributed by atoms with van der Waals surface area (Å²) in [6.07, 6.45) is 3.26. The number of fused-ring (bicyclic) bond motifs is 2. The van der Waals surface area contributed by atoms with Crippen molar-refractivity contribution in [3.05, 3.63) is 72.7 Å². The first-order valence-corrected chi connectivity index (χ1v) is 8.91. The average molecular weight is 385 g/mol. The van der Waals surface area contributed by atoms with Gasteiger partial charge in [-0.25, -0.2) is 9.97 Å². The Hall–Kier alpha value is -4.20. The Labute approximate surface area is 165 Å². The molecular formula is C21H15N5O3. The van der Waals surface area contributed by atoms with Gasteiger partial charge in [-0.2, -0.15) is 0 Å². The molecule has 0 aliphatic carbocycles. The molecule has 0 fully saturated rings. The molecule has 1 aliphatic heterocycles. The van der Waals surface area contributed by atoms with Gasteiger partial charge in [-0.1, -0.05) is 18.2 Å². The zero-order valence-electron chi connectivity index (χ0n) is 15.1. The van der Waals surface area contributed by atoms with Crippen molar-refractivity contribution in [3.8, 4) is 11.5 Å². The van der Waals surface area contributed by atoms with Gasteiger partial charge in [-0.3, -0.25) is 9.78 Å². The number of carbonyl (C=O) groups excluding carboxylic acids is 1. The minimum absolute atomic E-state index is 0.177. The molecule has 4 aromatic rings. The number of nitrogens with one attached hydrogen (secondary N) is 2. The number of aromatic nitrogens is 3. The molecule has 0 unspecified atom stereocenters. The number of carbonyl (C=O) groups is 1. The SMILES string of the molecule is O=C(Nc1ccc2c(c1)OCO2)c1ccnc(Nc2cccc3cccnc23)n1. The first-order chi connectivity index (χ1) is 14.3. The molecule has 3 heterocycles. The zero-order chi connectivity index (χ0) is 19.6. The molecule has 0 spiro atoms. The van der Waals surface area contributed by atoms with Gasteiger partial charge >= 0.3 is 0 Å². The molecule has 0 radical (unpaired) electrons. The molecule has 1 amide bonds. The third-order valence-corrected chi connectivity index (χ3v) is 4.40. The van der Waals surface area contributed by atoms with Crippen LogP contribution >= 0.6 is 0 Å². The first kappa shape index (κ1) is 16.9. The van der Waals surface area contributed by atoms with E-state index in [1.807, 2.05) is 30.3 Å². The molecule has 2 aromatic heterocycles. The lowest BCUT2D eigenvalue weighted by atomic mass is 10.2. The minimum atomic E-state index is -0.356. The number of rotatable bonds is 4. The van der Waals surface area contributed by atoms with E-state index in [9.17, 15) is 4.79 Å². The van der Waals surface area contributed by atoms with Gasteiger partial charge in [0.05, 0.1) is 11.2 Å². The molecule has 2 aromatic carbocycles. The van der Waals surface area contributed by atoms with Crippen LogP contribution in [0.5, 0.6) is 11.5 Å². The first-order valence-electron chi connectivity index (χ1n) is 8.91. The van der Waals surface area contributed by atoms with Crippen molar-refractivity contribution < 1.29 is 14.3 Å². The fourth-order valence-corrected chi connectivity index (χ4v) is 3.04. The second kappa shape index (κ2) is 7.08. The van der Waals surface area contributed by atoms with Gasteiger partial charge in [0, 0.05) is 29.5 Å². The Bertz CT molecular complexity index is 1220. The van der Waals surface area contributed by atoms with Crippen molar-refractivity contribution in [2.45, 2.75) is 0 Å². The number of hydrogen-bond acceptors (Lipinski definition) is 7. The summed E-state index contributed by atoms with van der Waals surface area (Å²) in [6.45, 7) is 0.177. The van der Waals surface area contributed by atoms with Gasteiger partial charge in [0.1, 0.15) is 5.69 Å². The maximum Gasteiger partial charge on any atom is 0.274 e. The maximum absolute atomic E-state index is 12.6. The van der Waals surface area contributed by atoms with Crippen molar-refractivity contribution >= 4 is 34.1 Å². The predicted octanol–water partition coefficient (Wildman–Crippen LogP) is 3.75. The second-order valence-corrected chi connectivity index (χ2v) is 6.29. The summed E-state index contributed by atoms with van der Waals surface area (Å²) in [5, 5.41) is 6.94. The van der Waals surface area contributed by atoms with Gasteiger partial charge in [0.25, 0.3) is 5.91 Å². The Morgan fingerprint density at radius 2 is 1.83 bits per heavy atom. The number of amides is 1. The molecule has 1 aliphatic rings. The van der Waals surface area contributed by atoms with E-state index < -0.39 is 0 Å². The van der Waals surface area contributed by atoms with Crippen LogP contribution in [0.4, 0.5) is 17.3 Å². The summed E-state index contributed by atoms with van der Waals surface area (Å²) >= 11 is 0. The van der Waals surface area contributed by atoms with Gasteiger partial charge in [-0.15, -0.1) is 0 Å². The van der Waals surface area contributed by atoms with Crippen LogP contribution in [-0.2, 0) is 0 Å². The van der Waals surface area contributed by atoms with E-state index in [-0.39, 0.29) is 18.4 Å². The van der Waals surface area contributed by atoms with E-state index in [4.69, 9.17) is 9.47 Å². The fourth-order valence-electron chi connectivity index (χ4n) is 3.04. The monoisotopic (exact) mass is 385 g/mol. The Morgan fingerprint density at radius 1 is 0.931 bits per heavy atom. The van der Waals surface area contributed by atoms with Crippen molar-refractivity contribution in [1.29, 1.82) is 0 Å². The van der Waals surface area contributed by atoms with Crippen molar-refractivity contribution in [3.63, 3.8) is 0 Å². The van der Waals surface area contributed by atoms with Crippen LogP contribution in [0, 0.1) is 0 Å². The number of pyridine rings is 1. The molecule has 142 valence electrons. The molecule has 0 bridgehead atoms. The number of para-hydroxylation sites is 1. The number of ether oxygens (including phenoxy) is 2. The summed E-state index contributed by atoms with van der Waals surface area (Å²) in [6, 6.07) is 16.4. The van der Waals surface area contributed by atoms with Crippen LogP contribution < -0.4 is 20.1 Å². The highest BCUT2D eigenvalue weighted by Gasteiger charge is 2.15. The van der Waals surface area contributed by atoms with Gasteiger partial charge in [0.2, 0.25) is 12.7 Å². The summed E-state index contributed by atoms with van der Waals surface area (Å²) in [5.41, 5.74) is 2.38. The Morgan fingerprint density at radius 3 is 2.79 bits per heavy atom. The molecule has 0 saturated heterocycles. The summed E-state index contributed by atoms with van der Waals surface area (Å²) in [5.74, 6) is 1.20. The fraction of sp³-hybridized carbons (Fsp3) is 0.0476. The van der Waals surface area contributed by atoms with E-state index in [1.54, 1.807) is 30.5 Å². The van der Waals surface area contributed by atoms with Crippen LogP contribution in [-0.4, -0.2) is 27.7 Å². The minimum Gasteiger partial charge on any atom is -0.454 e. The lowest BCUT2D eigenvalue weighted by molar-refractivity contribution is 0.102. The van der Waals surface area contributed by atoms with Gasteiger partial charge < -0.3 is 20.1 Å². The van der Waals surface area contributed by atoms with Crippen LogP contribution in [0.3, 0.4) is 0 Å². The topological polar surface area (TPSA) is 98.3 Å². The summed E-state index contributed by atoms with van der Waals surface area (Å²) in [7, 11) is 0. The molecule has 8 nitrogen and oxygen atoms in total. The largest absolute Gasteiger partial charge is 0.454 e. The predicted molar refractivity (Wildman–Crippen MR) is 108 cm³/mol. The highest BCUT2D eigenvalue weighted by Crippen LogP contribution is 2.34. The van der Waals surface area contributed by atoms with Gasteiger partial charge in [0.15, 0.2) is 11.5 Å². The van der Waals surface area contributed by atoms with Crippen LogP contribution in [0.1, 0.15) is 10.5 Å². The van der Waals surface area contributed by atoms with E-state index in [2.05, 4.69) is 25.6 Å². The molecule has 8 heteroatoms. The normalized spacial score (nSPS) is 12.0. The van der Waals surface area contributed by atoms with E-state index in [0.29, 0.717) is 23.1 Å². The molecule has 0 atom stereocenters. The van der Waals surface area contributed by atoms with Crippen LogP contribution in [0.15, 0.2) is 67.0 Å². The van der Waals surface area contributed by atoms with Crippen molar-refractivity contribution in [1.82, 2.24) is 15.0 Å². The quantitative estimate of drug-likeness (QED) is 0.552. The Kier molecular flexibility index (Phi) is 4.14. The van der Waals surface area contributed by atoms with Crippen LogP contribution in [0.25, 0.3) is 10.9 Å². The zero-order valence-corrected chi connectivity index (χ0v) is 15.1. The highest BCUT2D eigenvalue weighted by atomic mass is 16.7. The molecule has 2 N–H and O–H groups in total. The standard InChI is InChI=1S/C21H15N5O3/c27-20(24-14-6-7-17-18(11-14)29-12-28-17)16-8-10-23-21(26-16)25-15-5-1-3-13-4-2-9-22-19(13)15/h1-11H,12H2,(H,24,27)(H,23,25,26). The molecule has 5 rings (SSSR count). The number of hydrogen-bond donors (Lipinski definition) is 2. The smallest absolute Gasteiger partial charge is 0.274 e. The molecule has 29 heavy (non-hydrogen) atoms. The summed E-state index contributed by atoms with van der Waals surface area (Å²) < 4.78 is 10.6. The van der Waals surface area contributed by atoms with E-state index in [1.165, 1.54) is 6.20 Å². The van der Waals surface area contributed by atoms with Crippen LogP contribution in [0.2, 0.25) is 0 Å². The summed E-state index contributed by atoms with van der Waals surface area (Å²) in [4.78, 5) is 25.6.